The van der Waals surface area contributed by atoms with Gasteiger partial charge in [0.1, 0.15) is 5.82 Å². The molecule has 1 aliphatic rings. The Balaban J connectivity index is 2.16. The fourth-order valence-electron chi connectivity index (χ4n) is 2.49. The molecular formula is C13H14N4O. The number of benzene rings is 1. The van der Waals surface area contributed by atoms with E-state index in [0.717, 1.165) is 11.1 Å². The quantitative estimate of drug-likeness (QED) is 0.795. The third-order valence-electron chi connectivity index (χ3n) is 3.31. The van der Waals surface area contributed by atoms with Crippen LogP contribution in [0.25, 0.3) is 0 Å². The van der Waals surface area contributed by atoms with Crippen LogP contribution in [0.15, 0.2) is 30.3 Å². The van der Waals surface area contributed by atoms with Gasteiger partial charge in [-0.25, -0.2) is 0 Å². The first-order valence-corrected chi connectivity index (χ1v) is 5.84. The minimum Gasteiger partial charge on any atom is -0.382 e. The highest BCUT2D eigenvalue weighted by molar-refractivity contribution is 5.95. The zero-order valence-corrected chi connectivity index (χ0v) is 10.1. The van der Waals surface area contributed by atoms with Gasteiger partial charge in [0.15, 0.2) is 5.82 Å². The number of nitrogens with two attached hydrogens (primary N) is 1. The molecule has 0 radical (unpaired) electrons. The summed E-state index contributed by atoms with van der Waals surface area (Å²) in [4.78, 5) is 11.8. The van der Waals surface area contributed by atoms with E-state index in [4.69, 9.17) is 5.73 Å². The maximum absolute atomic E-state index is 11.8. The van der Waals surface area contributed by atoms with Gasteiger partial charge in [0, 0.05) is 24.9 Å². The van der Waals surface area contributed by atoms with Gasteiger partial charge in [-0.1, -0.05) is 30.3 Å². The zero-order chi connectivity index (χ0) is 12.7. The van der Waals surface area contributed by atoms with Crippen molar-refractivity contribution in [2.45, 2.75) is 12.3 Å². The minimum absolute atomic E-state index is 0.000599. The van der Waals surface area contributed by atoms with Crippen molar-refractivity contribution in [1.29, 1.82) is 0 Å². The largest absolute Gasteiger partial charge is 0.382 e. The Morgan fingerprint density at radius 3 is 2.83 bits per heavy atom. The lowest BCUT2D eigenvalue weighted by atomic mass is 9.87. The van der Waals surface area contributed by atoms with Crippen LogP contribution in [0.2, 0.25) is 0 Å². The second kappa shape index (κ2) is 3.87. The minimum atomic E-state index is -0.0105. The van der Waals surface area contributed by atoms with E-state index >= 15 is 0 Å². The Morgan fingerprint density at radius 1 is 1.39 bits per heavy atom. The fraction of sp³-hybridized carbons (Fsp3) is 0.231. The number of rotatable bonds is 1. The monoisotopic (exact) mass is 242 g/mol. The number of hydrogen-bond acceptors (Lipinski definition) is 3. The molecule has 1 atom stereocenters. The SMILES string of the molecule is Cn1nc(N)c2c1NC(=O)C[C@H]2c1ccccc1. The average Bonchev–Trinajstić information content (AvgIpc) is 2.65. The molecule has 0 aliphatic carbocycles. The number of hydrogen-bond donors (Lipinski definition) is 2. The maximum Gasteiger partial charge on any atom is 0.226 e. The van der Waals surface area contributed by atoms with Gasteiger partial charge in [-0.15, -0.1) is 0 Å². The Hall–Kier alpha value is -2.30. The molecule has 3 N–H and O–H groups in total. The zero-order valence-electron chi connectivity index (χ0n) is 10.1. The number of nitrogens with zero attached hydrogens (tertiary/aromatic N) is 2. The van der Waals surface area contributed by atoms with Gasteiger partial charge in [-0.3, -0.25) is 9.48 Å². The molecule has 1 amide bonds. The summed E-state index contributed by atoms with van der Waals surface area (Å²) in [5, 5.41) is 7.01. The number of nitrogens with one attached hydrogen (secondary N) is 1. The van der Waals surface area contributed by atoms with Crippen LogP contribution in [0, 0.1) is 0 Å². The molecule has 1 aliphatic heterocycles. The van der Waals surface area contributed by atoms with Crippen LogP contribution >= 0.6 is 0 Å². The molecule has 5 heteroatoms. The van der Waals surface area contributed by atoms with E-state index in [1.165, 1.54) is 0 Å². The first-order chi connectivity index (χ1) is 8.66. The van der Waals surface area contributed by atoms with Crippen molar-refractivity contribution >= 4 is 17.5 Å². The number of nitrogen functional groups attached to an aromatic ring is 1. The first-order valence-electron chi connectivity index (χ1n) is 5.84. The highest BCUT2D eigenvalue weighted by Crippen LogP contribution is 2.39. The van der Waals surface area contributed by atoms with Crippen LogP contribution < -0.4 is 11.1 Å². The third-order valence-corrected chi connectivity index (χ3v) is 3.31. The summed E-state index contributed by atoms with van der Waals surface area (Å²) in [6, 6.07) is 9.92. The standard InChI is InChI=1S/C13H14N4O/c1-17-13-11(12(14)16-17)9(7-10(18)15-13)8-5-3-2-4-6-8/h2-6,9H,7H2,1H3,(H2,14,16)(H,15,18)/t9-/m0/s1. The Morgan fingerprint density at radius 2 is 2.11 bits per heavy atom. The molecule has 0 fully saturated rings. The highest BCUT2D eigenvalue weighted by atomic mass is 16.1. The average molecular weight is 242 g/mol. The summed E-state index contributed by atoms with van der Waals surface area (Å²) in [6.07, 6.45) is 0.410. The lowest BCUT2D eigenvalue weighted by molar-refractivity contribution is -0.116. The molecule has 1 aromatic heterocycles. The molecule has 1 aromatic carbocycles. The smallest absolute Gasteiger partial charge is 0.226 e. The van der Waals surface area contributed by atoms with Crippen LogP contribution in [-0.2, 0) is 11.8 Å². The Labute approximate surface area is 105 Å². The molecule has 0 saturated carbocycles. The van der Waals surface area contributed by atoms with Crippen molar-refractivity contribution in [2.24, 2.45) is 7.05 Å². The summed E-state index contributed by atoms with van der Waals surface area (Å²) in [5.41, 5.74) is 7.96. The third kappa shape index (κ3) is 1.55. The van der Waals surface area contributed by atoms with E-state index in [-0.39, 0.29) is 11.8 Å². The number of carbonyl (C=O) groups excluding carboxylic acids is 1. The van der Waals surface area contributed by atoms with E-state index in [1.807, 2.05) is 30.3 Å². The molecular weight excluding hydrogens is 228 g/mol. The van der Waals surface area contributed by atoms with Crippen molar-refractivity contribution in [2.75, 3.05) is 11.1 Å². The summed E-state index contributed by atoms with van der Waals surface area (Å²) >= 11 is 0. The van der Waals surface area contributed by atoms with Crippen LogP contribution in [0.4, 0.5) is 11.6 Å². The van der Waals surface area contributed by atoms with Crippen LogP contribution in [-0.4, -0.2) is 15.7 Å². The number of fused-ring (bicyclic) bond motifs is 1. The molecule has 3 rings (SSSR count). The second-order valence-electron chi connectivity index (χ2n) is 4.49. The Kier molecular flexibility index (Phi) is 2.33. The molecule has 2 heterocycles. The van der Waals surface area contributed by atoms with E-state index in [0.29, 0.717) is 18.1 Å². The van der Waals surface area contributed by atoms with E-state index < -0.39 is 0 Å². The van der Waals surface area contributed by atoms with Crippen molar-refractivity contribution in [3.8, 4) is 0 Å². The van der Waals surface area contributed by atoms with Gasteiger partial charge >= 0.3 is 0 Å². The van der Waals surface area contributed by atoms with E-state index in [9.17, 15) is 4.79 Å². The molecule has 0 spiro atoms. The molecule has 0 unspecified atom stereocenters. The lowest BCUT2D eigenvalue weighted by Gasteiger charge is -2.23. The molecule has 5 nitrogen and oxygen atoms in total. The van der Waals surface area contributed by atoms with Crippen molar-refractivity contribution in [3.05, 3.63) is 41.5 Å². The molecule has 0 saturated heterocycles. The van der Waals surface area contributed by atoms with Gasteiger partial charge in [0.25, 0.3) is 0 Å². The fourth-order valence-corrected chi connectivity index (χ4v) is 2.49. The molecule has 18 heavy (non-hydrogen) atoms. The Bertz CT molecular complexity index is 603. The van der Waals surface area contributed by atoms with Gasteiger partial charge in [-0.2, -0.15) is 5.10 Å². The van der Waals surface area contributed by atoms with Crippen LogP contribution in [0.1, 0.15) is 23.5 Å². The summed E-state index contributed by atoms with van der Waals surface area (Å²) in [5.74, 6) is 1.18. The summed E-state index contributed by atoms with van der Waals surface area (Å²) in [6.45, 7) is 0. The van der Waals surface area contributed by atoms with Gasteiger partial charge in [0.05, 0.1) is 0 Å². The van der Waals surface area contributed by atoms with E-state index in [1.54, 1.807) is 11.7 Å². The second-order valence-corrected chi connectivity index (χ2v) is 4.49. The van der Waals surface area contributed by atoms with Crippen molar-refractivity contribution in [1.82, 2.24) is 9.78 Å². The van der Waals surface area contributed by atoms with Crippen molar-refractivity contribution in [3.63, 3.8) is 0 Å². The van der Waals surface area contributed by atoms with Gasteiger partial charge in [-0.05, 0) is 5.56 Å². The topological polar surface area (TPSA) is 72.9 Å². The molecule has 2 aromatic rings. The van der Waals surface area contributed by atoms with Gasteiger partial charge in [0.2, 0.25) is 5.91 Å². The number of carbonyl (C=O) groups is 1. The number of aryl methyl sites for hydroxylation is 1. The predicted molar refractivity (Wildman–Crippen MR) is 69.2 cm³/mol. The van der Waals surface area contributed by atoms with Crippen LogP contribution in [0.3, 0.4) is 0 Å². The van der Waals surface area contributed by atoms with Crippen molar-refractivity contribution < 1.29 is 4.79 Å². The van der Waals surface area contributed by atoms with Gasteiger partial charge < -0.3 is 11.1 Å². The number of aromatic nitrogens is 2. The predicted octanol–water partition coefficient (Wildman–Crippen LogP) is 1.48. The molecule has 92 valence electrons. The number of anilines is 2. The lowest BCUT2D eigenvalue weighted by Crippen LogP contribution is -2.24. The van der Waals surface area contributed by atoms with Crippen LogP contribution in [0.5, 0.6) is 0 Å². The first kappa shape index (κ1) is 10.8. The summed E-state index contributed by atoms with van der Waals surface area (Å²) < 4.78 is 1.62. The number of amides is 1. The highest BCUT2D eigenvalue weighted by Gasteiger charge is 2.31. The maximum atomic E-state index is 11.8. The van der Waals surface area contributed by atoms with E-state index in [2.05, 4.69) is 10.4 Å². The normalized spacial score (nSPS) is 18.3. The summed E-state index contributed by atoms with van der Waals surface area (Å²) in [7, 11) is 1.78. The molecule has 0 bridgehead atoms.